The first-order valence-electron chi connectivity index (χ1n) is 6.31. The molecule has 1 rings (SSSR count). The molecule has 0 aromatic rings. The van der Waals surface area contributed by atoms with Crippen molar-refractivity contribution < 1.29 is 9.53 Å². The summed E-state index contributed by atoms with van der Waals surface area (Å²) in [6, 6.07) is 0. The van der Waals surface area contributed by atoms with Crippen LogP contribution in [0.1, 0.15) is 32.6 Å². The average Bonchev–Trinajstić information content (AvgIpc) is 2.78. The summed E-state index contributed by atoms with van der Waals surface area (Å²) in [6.45, 7) is 4.01. The maximum Gasteiger partial charge on any atom is 0.330 e. The molecule has 0 atom stereocenters. The molecule has 0 amide bonds. The van der Waals surface area contributed by atoms with E-state index in [-0.39, 0.29) is 5.97 Å². The van der Waals surface area contributed by atoms with Gasteiger partial charge < -0.3 is 10.1 Å². The lowest BCUT2D eigenvalue weighted by Crippen LogP contribution is -2.35. The second-order valence-corrected chi connectivity index (χ2v) is 5.65. The summed E-state index contributed by atoms with van der Waals surface area (Å²) in [6.07, 6.45) is 10.8. The number of nitrogens with one attached hydrogen (secondary N) is 1. The van der Waals surface area contributed by atoms with Crippen LogP contribution in [0.5, 0.6) is 0 Å². The van der Waals surface area contributed by atoms with Crippen LogP contribution in [0.25, 0.3) is 0 Å². The van der Waals surface area contributed by atoms with Gasteiger partial charge in [-0.2, -0.15) is 11.8 Å². The van der Waals surface area contributed by atoms with Crippen molar-refractivity contribution in [2.75, 3.05) is 26.0 Å². The van der Waals surface area contributed by atoms with Crippen LogP contribution in [-0.2, 0) is 9.53 Å². The van der Waals surface area contributed by atoms with Crippen LogP contribution < -0.4 is 5.32 Å². The molecule has 0 spiro atoms. The SMILES string of the molecule is CCOC(=O)/C=C/CNCC1(SC)CCCC1. The molecular formula is C13H23NO2S. The molecule has 0 saturated heterocycles. The Morgan fingerprint density at radius 2 is 2.18 bits per heavy atom. The molecule has 0 unspecified atom stereocenters. The van der Waals surface area contributed by atoms with E-state index in [2.05, 4.69) is 11.6 Å². The third-order valence-corrected chi connectivity index (χ3v) is 4.62. The second-order valence-electron chi connectivity index (χ2n) is 4.38. The van der Waals surface area contributed by atoms with Gasteiger partial charge in [0.15, 0.2) is 0 Å². The first-order valence-corrected chi connectivity index (χ1v) is 7.54. The van der Waals surface area contributed by atoms with Crippen LogP contribution in [0.2, 0.25) is 0 Å². The summed E-state index contributed by atoms with van der Waals surface area (Å²) in [7, 11) is 0. The van der Waals surface area contributed by atoms with Crippen LogP contribution in [0.4, 0.5) is 0 Å². The lowest BCUT2D eigenvalue weighted by atomic mass is 10.1. The molecule has 3 nitrogen and oxygen atoms in total. The zero-order valence-electron chi connectivity index (χ0n) is 10.8. The molecule has 0 bridgehead atoms. The zero-order chi connectivity index (χ0) is 12.6. The lowest BCUT2D eigenvalue weighted by molar-refractivity contribution is -0.137. The van der Waals surface area contributed by atoms with E-state index in [9.17, 15) is 4.79 Å². The van der Waals surface area contributed by atoms with Crippen molar-refractivity contribution in [3.63, 3.8) is 0 Å². The molecule has 17 heavy (non-hydrogen) atoms. The van der Waals surface area contributed by atoms with Gasteiger partial charge in [0.1, 0.15) is 0 Å². The average molecular weight is 257 g/mol. The topological polar surface area (TPSA) is 38.3 Å². The van der Waals surface area contributed by atoms with E-state index in [0.29, 0.717) is 11.4 Å². The van der Waals surface area contributed by atoms with Gasteiger partial charge >= 0.3 is 5.97 Å². The fourth-order valence-electron chi connectivity index (χ4n) is 2.20. The third-order valence-electron chi connectivity index (χ3n) is 3.20. The minimum absolute atomic E-state index is 0.255. The van der Waals surface area contributed by atoms with Gasteiger partial charge in [-0.05, 0) is 26.0 Å². The highest BCUT2D eigenvalue weighted by atomic mass is 32.2. The first-order chi connectivity index (χ1) is 8.22. The van der Waals surface area contributed by atoms with Crippen LogP contribution in [0.15, 0.2) is 12.2 Å². The summed E-state index contributed by atoms with van der Waals surface area (Å²) < 4.78 is 5.23. The number of rotatable bonds is 7. The van der Waals surface area contributed by atoms with Crippen molar-refractivity contribution in [2.45, 2.75) is 37.4 Å². The Morgan fingerprint density at radius 3 is 2.76 bits per heavy atom. The zero-order valence-corrected chi connectivity index (χ0v) is 11.6. The van der Waals surface area contributed by atoms with Crippen molar-refractivity contribution in [3.05, 3.63) is 12.2 Å². The molecule has 4 heteroatoms. The minimum atomic E-state index is -0.255. The quantitative estimate of drug-likeness (QED) is 0.432. The van der Waals surface area contributed by atoms with Crippen molar-refractivity contribution in [1.82, 2.24) is 5.32 Å². The smallest absolute Gasteiger partial charge is 0.330 e. The van der Waals surface area contributed by atoms with Gasteiger partial charge in [-0.1, -0.05) is 18.9 Å². The number of hydrogen-bond donors (Lipinski definition) is 1. The Morgan fingerprint density at radius 1 is 1.47 bits per heavy atom. The van der Waals surface area contributed by atoms with Crippen LogP contribution in [-0.4, -0.2) is 36.7 Å². The van der Waals surface area contributed by atoms with Crippen molar-refractivity contribution in [2.24, 2.45) is 0 Å². The maximum atomic E-state index is 11.0. The largest absolute Gasteiger partial charge is 0.463 e. The third kappa shape index (κ3) is 5.13. The molecule has 1 fully saturated rings. The van der Waals surface area contributed by atoms with Gasteiger partial charge in [0, 0.05) is 23.9 Å². The molecule has 0 aliphatic heterocycles. The monoisotopic (exact) mass is 257 g/mol. The van der Waals surface area contributed by atoms with Gasteiger partial charge in [0.25, 0.3) is 0 Å². The Kier molecular flexibility index (Phi) is 6.66. The highest BCUT2D eigenvalue weighted by Crippen LogP contribution is 2.39. The molecule has 1 N–H and O–H groups in total. The lowest BCUT2D eigenvalue weighted by Gasteiger charge is -2.26. The van der Waals surface area contributed by atoms with E-state index >= 15 is 0 Å². The molecule has 1 saturated carbocycles. The van der Waals surface area contributed by atoms with Gasteiger partial charge in [0.05, 0.1) is 6.61 Å². The summed E-state index contributed by atoms with van der Waals surface area (Å²) in [5, 5.41) is 3.40. The summed E-state index contributed by atoms with van der Waals surface area (Å²) in [4.78, 5) is 11.0. The predicted molar refractivity (Wildman–Crippen MR) is 73.4 cm³/mol. The number of carbonyl (C=O) groups excluding carboxylic acids is 1. The molecule has 0 radical (unpaired) electrons. The highest BCUT2D eigenvalue weighted by molar-refractivity contribution is 8.00. The Balaban J connectivity index is 2.16. The molecule has 1 aliphatic rings. The molecule has 0 aromatic heterocycles. The molecule has 0 aromatic carbocycles. The number of esters is 1. The molecule has 1 aliphatic carbocycles. The number of hydrogen-bond acceptors (Lipinski definition) is 4. The Bertz CT molecular complexity index is 260. The van der Waals surface area contributed by atoms with E-state index in [0.717, 1.165) is 13.1 Å². The fourth-order valence-corrected chi connectivity index (χ4v) is 3.14. The van der Waals surface area contributed by atoms with Gasteiger partial charge in [-0.15, -0.1) is 0 Å². The van der Waals surface area contributed by atoms with Gasteiger partial charge in [-0.25, -0.2) is 4.79 Å². The minimum Gasteiger partial charge on any atom is -0.463 e. The summed E-state index contributed by atoms with van der Waals surface area (Å²) in [5.41, 5.74) is 0. The Hall–Kier alpha value is -0.480. The Labute approximate surface area is 108 Å². The molecule has 98 valence electrons. The predicted octanol–water partition coefficient (Wildman–Crippen LogP) is 2.37. The van der Waals surface area contributed by atoms with E-state index in [1.165, 1.54) is 31.8 Å². The maximum absolute atomic E-state index is 11.0. The van der Waals surface area contributed by atoms with Crippen molar-refractivity contribution >= 4 is 17.7 Å². The van der Waals surface area contributed by atoms with Crippen molar-refractivity contribution in [3.8, 4) is 0 Å². The summed E-state index contributed by atoms with van der Waals surface area (Å²) in [5.74, 6) is -0.255. The van der Waals surface area contributed by atoms with E-state index in [1.807, 2.05) is 24.8 Å². The van der Waals surface area contributed by atoms with Gasteiger partial charge in [-0.3, -0.25) is 0 Å². The molecular weight excluding hydrogens is 234 g/mol. The summed E-state index contributed by atoms with van der Waals surface area (Å²) >= 11 is 1.97. The highest BCUT2D eigenvalue weighted by Gasteiger charge is 2.32. The number of carbonyl (C=O) groups is 1. The second kappa shape index (κ2) is 7.77. The number of thioether (sulfide) groups is 1. The molecule has 0 heterocycles. The number of ether oxygens (including phenoxy) is 1. The van der Waals surface area contributed by atoms with E-state index in [1.54, 1.807) is 0 Å². The normalized spacial score (nSPS) is 18.7. The van der Waals surface area contributed by atoms with E-state index in [4.69, 9.17) is 4.74 Å². The van der Waals surface area contributed by atoms with Crippen molar-refractivity contribution in [1.29, 1.82) is 0 Å². The van der Waals surface area contributed by atoms with E-state index < -0.39 is 0 Å². The van der Waals surface area contributed by atoms with Crippen LogP contribution >= 0.6 is 11.8 Å². The van der Waals surface area contributed by atoms with Crippen LogP contribution in [0, 0.1) is 0 Å². The van der Waals surface area contributed by atoms with Gasteiger partial charge in [0.2, 0.25) is 0 Å². The first kappa shape index (κ1) is 14.6. The fraction of sp³-hybridized carbons (Fsp3) is 0.769. The standard InChI is InChI=1S/C13H23NO2S/c1-3-16-12(15)7-6-10-14-11-13(17-2)8-4-5-9-13/h6-7,14H,3-5,8-11H2,1-2H3/b7-6+. The van der Waals surface area contributed by atoms with Crippen LogP contribution in [0.3, 0.4) is 0 Å².